The van der Waals surface area contributed by atoms with E-state index in [1.165, 1.54) is 0 Å². The van der Waals surface area contributed by atoms with Crippen LogP contribution in [0.25, 0.3) is 0 Å². The number of halogens is 1. The lowest BCUT2D eigenvalue weighted by Crippen LogP contribution is -2.23. The Bertz CT molecular complexity index is 753. The first-order chi connectivity index (χ1) is 10.3. The van der Waals surface area contributed by atoms with Gasteiger partial charge in [-0.2, -0.15) is 0 Å². The van der Waals surface area contributed by atoms with Gasteiger partial charge in [-0.25, -0.2) is 13.1 Å². The second kappa shape index (κ2) is 6.82. The second-order valence-electron chi connectivity index (χ2n) is 5.64. The van der Waals surface area contributed by atoms with Gasteiger partial charge in [0.25, 0.3) is 0 Å². The van der Waals surface area contributed by atoms with E-state index in [0.717, 1.165) is 16.7 Å². The Hall–Kier alpha value is -1.36. The molecule has 0 radical (unpaired) electrons. The topological polar surface area (TPSA) is 46.2 Å². The Labute approximate surface area is 137 Å². The van der Waals surface area contributed by atoms with Gasteiger partial charge in [-0.1, -0.05) is 49.7 Å². The van der Waals surface area contributed by atoms with Crippen molar-refractivity contribution in [3.8, 4) is 0 Å². The number of aryl methyl sites for hydroxylation is 1. The van der Waals surface area contributed by atoms with E-state index in [4.69, 9.17) is 11.6 Å². The zero-order chi connectivity index (χ0) is 16.3. The molecule has 0 saturated carbocycles. The SMILES string of the molecule is Cc1ccc(CNS(=O)(=O)c2ccc(C(C)C)cc2)c(Cl)c1. The first kappa shape index (κ1) is 17.0. The average molecular weight is 338 g/mol. The van der Waals surface area contributed by atoms with Gasteiger partial charge in [0.2, 0.25) is 10.0 Å². The summed E-state index contributed by atoms with van der Waals surface area (Å²) in [6.07, 6.45) is 0. The number of sulfonamides is 1. The maximum Gasteiger partial charge on any atom is 0.240 e. The van der Waals surface area contributed by atoms with Crippen LogP contribution in [0.1, 0.15) is 36.5 Å². The third-order valence-corrected chi connectivity index (χ3v) is 5.29. The summed E-state index contributed by atoms with van der Waals surface area (Å²) >= 11 is 6.13. The number of hydrogen-bond acceptors (Lipinski definition) is 2. The van der Waals surface area contributed by atoms with Crippen LogP contribution in [-0.2, 0) is 16.6 Å². The van der Waals surface area contributed by atoms with E-state index < -0.39 is 10.0 Å². The van der Waals surface area contributed by atoms with Crippen molar-refractivity contribution in [2.45, 2.75) is 38.1 Å². The minimum Gasteiger partial charge on any atom is -0.207 e. The highest BCUT2D eigenvalue weighted by Gasteiger charge is 2.14. The van der Waals surface area contributed by atoms with Gasteiger partial charge in [-0.05, 0) is 47.7 Å². The first-order valence-corrected chi connectivity index (χ1v) is 9.00. The minimum atomic E-state index is -3.54. The molecule has 2 rings (SSSR count). The fraction of sp³-hybridized carbons (Fsp3) is 0.294. The zero-order valence-corrected chi connectivity index (χ0v) is 14.5. The van der Waals surface area contributed by atoms with Crippen molar-refractivity contribution in [1.29, 1.82) is 0 Å². The normalized spacial score (nSPS) is 11.9. The smallest absolute Gasteiger partial charge is 0.207 e. The zero-order valence-electron chi connectivity index (χ0n) is 12.9. The Morgan fingerprint density at radius 3 is 2.27 bits per heavy atom. The van der Waals surface area contributed by atoms with Crippen molar-refractivity contribution < 1.29 is 8.42 Å². The van der Waals surface area contributed by atoms with Crippen molar-refractivity contribution in [2.24, 2.45) is 0 Å². The molecule has 0 aliphatic carbocycles. The summed E-state index contributed by atoms with van der Waals surface area (Å²) in [6.45, 7) is 6.26. The lowest BCUT2D eigenvalue weighted by atomic mass is 10.0. The summed E-state index contributed by atoms with van der Waals surface area (Å²) in [5.41, 5.74) is 2.91. The predicted molar refractivity (Wildman–Crippen MR) is 90.7 cm³/mol. The van der Waals surface area contributed by atoms with Gasteiger partial charge in [0.1, 0.15) is 0 Å². The summed E-state index contributed by atoms with van der Waals surface area (Å²) < 4.78 is 27.2. The molecule has 2 aromatic rings. The first-order valence-electron chi connectivity index (χ1n) is 7.14. The molecule has 0 fully saturated rings. The molecule has 0 saturated heterocycles. The summed E-state index contributed by atoms with van der Waals surface area (Å²) in [6, 6.07) is 12.5. The van der Waals surface area contributed by atoms with Crippen LogP contribution in [0.15, 0.2) is 47.4 Å². The lowest BCUT2D eigenvalue weighted by molar-refractivity contribution is 0.581. The van der Waals surface area contributed by atoms with Crippen molar-refractivity contribution in [1.82, 2.24) is 4.72 Å². The third-order valence-electron chi connectivity index (χ3n) is 3.52. The van der Waals surface area contributed by atoms with E-state index in [1.807, 2.05) is 37.3 Å². The Morgan fingerprint density at radius 2 is 1.73 bits per heavy atom. The molecule has 0 heterocycles. The standard InChI is InChI=1S/C17H20ClNO2S/c1-12(2)14-6-8-16(9-7-14)22(20,21)19-11-15-5-4-13(3)10-17(15)18/h4-10,12,19H,11H2,1-3H3. The molecular formula is C17H20ClNO2S. The highest BCUT2D eigenvalue weighted by Crippen LogP contribution is 2.20. The fourth-order valence-corrected chi connectivity index (χ4v) is 3.39. The molecule has 0 spiro atoms. The second-order valence-corrected chi connectivity index (χ2v) is 7.82. The van der Waals surface area contributed by atoms with Crippen LogP contribution >= 0.6 is 11.6 Å². The molecule has 0 unspecified atom stereocenters. The van der Waals surface area contributed by atoms with Gasteiger partial charge in [0, 0.05) is 11.6 Å². The van der Waals surface area contributed by atoms with E-state index in [-0.39, 0.29) is 11.4 Å². The molecule has 22 heavy (non-hydrogen) atoms. The molecule has 5 heteroatoms. The van der Waals surface area contributed by atoms with Gasteiger partial charge < -0.3 is 0 Å². The van der Waals surface area contributed by atoms with Gasteiger partial charge in [-0.15, -0.1) is 0 Å². The van der Waals surface area contributed by atoms with Crippen LogP contribution in [-0.4, -0.2) is 8.42 Å². The Kier molecular flexibility index (Phi) is 5.27. The van der Waals surface area contributed by atoms with Crippen molar-refractivity contribution in [2.75, 3.05) is 0 Å². The van der Waals surface area contributed by atoms with E-state index in [1.54, 1.807) is 12.1 Å². The molecule has 0 amide bonds. The van der Waals surface area contributed by atoms with Crippen molar-refractivity contribution in [3.05, 3.63) is 64.2 Å². The van der Waals surface area contributed by atoms with E-state index in [2.05, 4.69) is 18.6 Å². The molecule has 2 aromatic carbocycles. The van der Waals surface area contributed by atoms with Gasteiger partial charge in [-0.3, -0.25) is 0 Å². The van der Waals surface area contributed by atoms with Gasteiger partial charge in [0.05, 0.1) is 4.90 Å². The maximum absolute atomic E-state index is 12.3. The largest absolute Gasteiger partial charge is 0.240 e. The van der Waals surface area contributed by atoms with Crippen LogP contribution < -0.4 is 4.72 Å². The highest BCUT2D eigenvalue weighted by atomic mass is 35.5. The van der Waals surface area contributed by atoms with Crippen LogP contribution in [0.2, 0.25) is 5.02 Å². The Balaban J connectivity index is 2.13. The highest BCUT2D eigenvalue weighted by molar-refractivity contribution is 7.89. The van der Waals surface area contributed by atoms with Gasteiger partial charge in [0.15, 0.2) is 0 Å². The molecule has 1 N–H and O–H groups in total. The van der Waals surface area contributed by atoms with E-state index in [0.29, 0.717) is 10.9 Å². The molecule has 118 valence electrons. The quantitative estimate of drug-likeness (QED) is 0.886. The lowest BCUT2D eigenvalue weighted by Gasteiger charge is -2.10. The van der Waals surface area contributed by atoms with E-state index >= 15 is 0 Å². The summed E-state index contributed by atoms with van der Waals surface area (Å²) in [5, 5.41) is 0.567. The molecule has 3 nitrogen and oxygen atoms in total. The van der Waals surface area contributed by atoms with E-state index in [9.17, 15) is 8.42 Å². The van der Waals surface area contributed by atoms with Crippen molar-refractivity contribution >= 4 is 21.6 Å². The van der Waals surface area contributed by atoms with Crippen LogP contribution in [0.3, 0.4) is 0 Å². The van der Waals surface area contributed by atoms with Gasteiger partial charge >= 0.3 is 0 Å². The Morgan fingerprint density at radius 1 is 1.09 bits per heavy atom. The molecule has 0 bridgehead atoms. The van der Waals surface area contributed by atoms with Crippen LogP contribution in [0.5, 0.6) is 0 Å². The predicted octanol–water partition coefficient (Wildman–Crippen LogP) is 4.25. The number of nitrogens with one attached hydrogen (secondary N) is 1. The summed E-state index contributed by atoms with van der Waals surface area (Å²) in [7, 11) is -3.54. The molecule has 0 aliphatic rings. The number of hydrogen-bond donors (Lipinski definition) is 1. The molecular weight excluding hydrogens is 318 g/mol. The van der Waals surface area contributed by atoms with Crippen LogP contribution in [0, 0.1) is 6.92 Å². The molecule has 0 atom stereocenters. The molecule has 0 aliphatic heterocycles. The fourth-order valence-electron chi connectivity index (χ4n) is 2.08. The maximum atomic E-state index is 12.3. The molecule has 0 aromatic heterocycles. The summed E-state index contributed by atoms with van der Waals surface area (Å²) in [5.74, 6) is 0.371. The van der Waals surface area contributed by atoms with Crippen LogP contribution in [0.4, 0.5) is 0 Å². The average Bonchev–Trinajstić information content (AvgIpc) is 2.46. The monoisotopic (exact) mass is 337 g/mol. The number of rotatable bonds is 5. The minimum absolute atomic E-state index is 0.174. The number of benzene rings is 2. The van der Waals surface area contributed by atoms with Crippen molar-refractivity contribution in [3.63, 3.8) is 0 Å². The summed E-state index contributed by atoms with van der Waals surface area (Å²) in [4.78, 5) is 0.264. The third kappa shape index (κ3) is 4.09.